The molecule has 1 heterocycles. The van der Waals surface area contributed by atoms with E-state index in [1.807, 2.05) is 71.5 Å². The molecule has 3 nitrogen and oxygen atoms in total. The Morgan fingerprint density at radius 2 is 1.62 bits per heavy atom. The molecule has 0 saturated carbocycles. The van der Waals surface area contributed by atoms with Gasteiger partial charge in [-0.05, 0) is 24.3 Å². The summed E-state index contributed by atoms with van der Waals surface area (Å²) in [6.45, 7) is 4.03. The smallest absolute Gasteiger partial charge is 0.136 e. The van der Waals surface area contributed by atoms with E-state index in [1.165, 1.54) is 0 Å². The molecule has 0 amide bonds. The van der Waals surface area contributed by atoms with Gasteiger partial charge in [0.15, 0.2) is 0 Å². The van der Waals surface area contributed by atoms with Crippen LogP contribution in [0.5, 0.6) is 0 Å². The van der Waals surface area contributed by atoms with Crippen LogP contribution in [0.3, 0.4) is 0 Å². The van der Waals surface area contributed by atoms with Crippen molar-refractivity contribution in [2.45, 2.75) is 0 Å². The molecule has 0 atom stereocenters. The van der Waals surface area contributed by atoms with Crippen LogP contribution in [0.1, 0.15) is 0 Å². The van der Waals surface area contributed by atoms with Gasteiger partial charge in [0.2, 0.25) is 0 Å². The van der Waals surface area contributed by atoms with Crippen LogP contribution < -0.4 is 15.9 Å². The minimum absolute atomic E-state index is 0.703. The number of aromatic nitrogens is 2. The van der Waals surface area contributed by atoms with Crippen molar-refractivity contribution in [1.29, 1.82) is 0 Å². The van der Waals surface area contributed by atoms with Crippen LogP contribution in [0.25, 0.3) is 18.5 Å². The number of hydrogen-bond acceptors (Lipinski definition) is 2. The zero-order valence-corrected chi connectivity index (χ0v) is 12.2. The van der Waals surface area contributed by atoms with E-state index < -0.39 is 0 Å². The Morgan fingerprint density at radius 3 is 2.29 bits per heavy atom. The lowest BCUT2D eigenvalue weighted by molar-refractivity contribution is 0.857. The first-order chi connectivity index (χ1) is 10.3. The average Bonchev–Trinajstić information content (AvgIpc) is 2.82. The van der Waals surface area contributed by atoms with Gasteiger partial charge in [-0.15, -0.1) is 0 Å². The van der Waals surface area contributed by atoms with Crippen LogP contribution in [0.15, 0.2) is 60.7 Å². The minimum Gasteiger partial charge on any atom is -0.361 e. The predicted molar refractivity (Wildman–Crippen MR) is 90.3 cm³/mol. The molecule has 21 heavy (non-hydrogen) atoms. The van der Waals surface area contributed by atoms with Crippen LogP contribution in [0.2, 0.25) is 0 Å². The molecule has 0 saturated heterocycles. The highest BCUT2D eigenvalue weighted by Gasteiger charge is 2.00. The number of hydrogen-bond donors (Lipinski definition) is 2. The van der Waals surface area contributed by atoms with Crippen molar-refractivity contribution in [3.05, 3.63) is 75.9 Å². The number of H-pyrrole nitrogens is 1. The van der Waals surface area contributed by atoms with E-state index in [1.54, 1.807) is 0 Å². The van der Waals surface area contributed by atoms with E-state index in [2.05, 4.69) is 17.0 Å². The number of rotatable bonds is 3. The molecule has 3 aromatic rings. The molecule has 2 aromatic carbocycles. The van der Waals surface area contributed by atoms with E-state index in [9.17, 15) is 0 Å². The molecule has 0 aliphatic carbocycles. The molecule has 0 aliphatic rings. The van der Waals surface area contributed by atoms with Crippen molar-refractivity contribution in [3.8, 4) is 5.69 Å². The molecule has 0 bridgehead atoms. The lowest BCUT2D eigenvalue weighted by Crippen LogP contribution is -2.22. The van der Waals surface area contributed by atoms with E-state index >= 15 is 0 Å². The standard InChI is InChI=1S/C17H15N3S/c1-13-16(12-18-14-8-4-2-5-9-14)17(21)20(19-13)15-10-6-3-7-11-15/h2-12,18-19H,1H2/b16-12-. The highest BCUT2D eigenvalue weighted by atomic mass is 32.1. The number of para-hydroxylation sites is 2. The Kier molecular flexibility index (Phi) is 3.71. The van der Waals surface area contributed by atoms with Gasteiger partial charge < -0.3 is 5.32 Å². The molecule has 0 aliphatic heterocycles. The lowest BCUT2D eigenvalue weighted by Gasteiger charge is -2.00. The number of anilines is 1. The molecule has 3 rings (SSSR count). The highest BCUT2D eigenvalue weighted by molar-refractivity contribution is 7.71. The zero-order valence-electron chi connectivity index (χ0n) is 11.4. The second-order valence-corrected chi connectivity index (χ2v) is 5.02. The van der Waals surface area contributed by atoms with Gasteiger partial charge >= 0.3 is 0 Å². The normalized spacial score (nSPS) is 11.5. The fraction of sp³-hybridized carbons (Fsp3) is 0. The second kappa shape index (κ2) is 5.81. The summed E-state index contributed by atoms with van der Waals surface area (Å²) in [6.07, 6.45) is 1.88. The Morgan fingerprint density at radius 1 is 1.00 bits per heavy atom. The molecule has 0 unspecified atom stereocenters. The van der Waals surface area contributed by atoms with Crippen LogP contribution in [-0.2, 0) is 0 Å². The first-order valence-electron chi connectivity index (χ1n) is 6.63. The minimum atomic E-state index is 0.703. The Labute approximate surface area is 127 Å². The molecule has 1 aromatic heterocycles. The van der Waals surface area contributed by atoms with E-state index in [-0.39, 0.29) is 0 Å². The van der Waals surface area contributed by atoms with Gasteiger partial charge in [-0.2, -0.15) is 0 Å². The van der Waals surface area contributed by atoms with Crippen LogP contribution in [0.4, 0.5) is 5.69 Å². The van der Waals surface area contributed by atoms with E-state index in [0.717, 1.165) is 21.9 Å². The molecule has 4 heteroatoms. The highest BCUT2D eigenvalue weighted by Crippen LogP contribution is 2.05. The second-order valence-electron chi connectivity index (χ2n) is 4.63. The Bertz CT molecular complexity index is 893. The maximum Gasteiger partial charge on any atom is 0.136 e. The monoisotopic (exact) mass is 293 g/mol. The molecule has 0 fully saturated rings. The third-order valence-electron chi connectivity index (χ3n) is 3.18. The van der Waals surface area contributed by atoms with Gasteiger partial charge in [-0.3, -0.25) is 5.10 Å². The van der Waals surface area contributed by atoms with E-state index in [4.69, 9.17) is 12.2 Å². The third kappa shape index (κ3) is 2.80. The van der Waals surface area contributed by atoms with Gasteiger partial charge in [0.1, 0.15) is 4.64 Å². The average molecular weight is 293 g/mol. The molecule has 0 radical (unpaired) electrons. The fourth-order valence-corrected chi connectivity index (χ4v) is 2.43. The maximum atomic E-state index is 5.53. The van der Waals surface area contributed by atoms with Gasteiger partial charge in [0.25, 0.3) is 0 Å². The number of aromatic amines is 1. The molecular formula is C17H15N3S. The quantitative estimate of drug-likeness (QED) is 0.728. The number of nitrogens with one attached hydrogen (secondary N) is 2. The predicted octanol–water partition coefficient (Wildman–Crippen LogP) is 2.80. The SMILES string of the molecule is C=c1[nH]n(-c2ccccc2)c(=S)/c1=C\Nc1ccccc1. The zero-order chi connectivity index (χ0) is 14.7. The lowest BCUT2D eigenvalue weighted by atomic mass is 10.3. The summed E-state index contributed by atoms with van der Waals surface area (Å²) in [5.74, 6) is 0. The molecule has 0 spiro atoms. The number of benzene rings is 2. The first kappa shape index (κ1) is 13.4. The third-order valence-corrected chi connectivity index (χ3v) is 3.58. The van der Waals surface area contributed by atoms with Crippen molar-refractivity contribution in [3.63, 3.8) is 0 Å². The first-order valence-corrected chi connectivity index (χ1v) is 7.04. The summed E-state index contributed by atoms with van der Waals surface area (Å²) < 4.78 is 2.56. The Balaban J connectivity index is 2.03. The summed E-state index contributed by atoms with van der Waals surface area (Å²) in [4.78, 5) is 0. The van der Waals surface area contributed by atoms with Gasteiger partial charge in [0, 0.05) is 11.9 Å². The van der Waals surface area contributed by atoms with Crippen LogP contribution >= 0.6 is 12.2 Å². The summed E-state index contributed by atoms with van der Waals surface area (Å²) in [5, 5.41) is 8.11. The molecule has 104 valence electrons. The summed E-state index contributed by atoms with van der Waals surface area (Å²) in [7, 11) is 0. The van der Waals surface area contributed by atoms with Gasteiger partial charge in [-0.1, -0.05) is 55.2 Å². The maximum absolute atomic E-state index is 5.53. The van der Waals surface area contributed by atoms with Crippen molar-refractivity contribution >= 4 is 30.7 Å². The Hall–Kier alpha value is -2.59. The van der Waals surface area contributed by atoms with Crippen molar-refractivity contribution in [2.75, 3.05) is 5.32 Å². The van der Waals surface area contributed by atoms with Gasteiger partial charge in [0.05, 0.1) is 16.3 Å². The molecular weight excluding hydrogens is 278 g/mol. The van der Waals surface area contributed by atoms with E-state index in [0.29, 0.717) is 4.64 Å². The van der Waals surface area contributed by atoms with Crippen molar-refractivity contribution < 1.29 is 0 Å². The largest absolute Gasteiger partial charge is 0.361 e. The summed E-state index contributed by atoms with van der Waals surface area (Å²) in [6, 6.07) is 19.9. The molecule has 2 N–H and O–H groups in total. The fourth-order valence-electron chi connectivity index (χ4n) is 2.09. The van der Waals surface area contributed by atoms with Crippen LogP contribution in [-0.4, -0.2) is 9.78 Å². The summed E-state index contributed by atoms with van der Waals surface area (Å²) >= 11 is 5.53. The topological polar surface area (TPSA) is 32.8 Å². The summed E-state index contributed by atoms with van der Waals surface area (Å²) in [5.41, 5.74) is 2.01. The number of nitrogens with zero attached hydrogens (tertiary/aromatic N) is 1. The van der Waals surface area contributed by atoms with Gasteiger partial charge in [-0.25, -0.2) is 4.68 Å². The van der Waals surface area contributed by atoms with Crippen molar-refractivity contribution in [2.24, 2.45) is 0 Å². The van der Waals surface area contributed by atoms with Crippen LogP contribution in [0, 0.1) is 4.64 Å². The van der Waals surface area contributed by atoms with Crippen molar-refractivity contribution in [1.82, 2.24) is 9.78 Å².